The Morgan fingerprint density at radius 3 is 2.67 bits per heavy atom. The smallest absolute Gasteiger partial charge is 0.336 e. The second kappa shape index (κ2) is 7.13. The van der Waals surface area contributed by atoms with Crippen LogP contribution in [-0.2, 0) is 32.0 Å². The van der Waals surface area contributed by atoms with Gasteiger partial charge in [-0.2, -0.15) is 0 Å². The van der Waals surface area contributed by atoms with Crippen LogP contribution in [0.15, 0.2) is 72.0 Å². The number of hydrogen-bond acceptors (Lipinski definition) is 4. The standard InChI is InChI=1S/C24H20FNO4/c1-14-10-21(30-24(14)28)29-13-20-19-11-16-4-2-3-5-18(16)22(19)26(23(20)27)12-15-6-8-17(25)9-7-15/h2-10,13,19,21-22H,11-12H2,1H3/b20-13+. The zero-order valence-electron chi connectivity index (χ0n) is 16.4. The molecule has 2 aromatic rings. The fraction of sp³-hybridized carbons (Fsp3) is 0.250. The number of ether oxygens (including phenoxy) is 2. The Labute approximate surface area is 173 Å². The molecule has 3 unspecified atom stereocenters. The average Bonchev–Trinajstić information content (AvgIpc) is 3.34. The molecule has 30 heavy (non-hydrogen) atoms. The Kier molecular flexibility index (Phi) is 4.42. The number of fused-ring (bicyclic) bond motifs is 3. The Morgan fingerprint density at radius 2 is 1.93 bits per heavy atom. The van der Waals surface area contributed by atoms with Crippen molar-refractivity contribution in [3.63, 3.8) is 0 Å². The minimum absolute atomic E-state index is 0.0440. The van der Waals surface area contributed by atoms with E-state index in [4.69, 9.17) is 9.47 Å². The third kappa shape index (κ3) is 3.09. The Bertz CT molecular complexity index is 1090. The van der Waals surface area contributed by atoms with Gasteiger partial charge in [0.05, 0.1) is 17.9 Å². The van der Waals surface area contributed by atoms with Crippen LogP contribution in [0.25, 0.3) is 0 Å². The maximum atomic E-state index is 13.3. The van der Waals surface area contributed by atoms with Crippen LogP contribution in [0.1, 0.15) is 29.7 Å². The van der Waals surface area contributed by atoms with E-state index in [2.05, 4.69) is 12.1 Å². The lowest BCUT2D eigenvalue weighted by molar-refractivity contribution is -0.152. The van der Waals surface area contributed by atoms with Gasteiger partial charge in [0.25, 0.3) is 12.2 Å². The van der Waals surface area contributed by atoms with Crippen molar-refractivity contribution in [1.82, 2.24) is 4.90 Å². The number of nitrogens with zero attached hydrogens (tertiary/aromatic N) is 1. The molecular weight excluding hydrogens is 385 g/mol. The van der Waals surface area contributed by atoms with E-state index >= 15 is 0 Å². The van der Waals surface area contributed by atoms with Crippen molar-refractivity contribution in [3.8, 4) is 0 Å². The van der Waals surface area contributed by atoms with E-state index < -0.39 is 12.3 Å². The van der Waals surface area contributed by atoms with Crippen molar-refractivity contribution in [1.29, 1.82) is 0 Å². The molecule has 152 valence electrons. The molecule has 3 aliphatic rings. The molecule has 6 heteroatoms. The first-order valence-corrected chi connectivity index (χ1v) is 9.89. The molecule has 1 amide bonds. The van der Waals surface area contributed by atoms with Gasteiger partial charge in [0.1, 0.15) is 5.82 Å². The van der Waals surface area contributed by atoms with Gasteiger partial charge in [-0.25, -0.2) is 9.18 Å². The van der Waals surface area contributed by atoms with Gasteiger partial charge in [-0.1, -0.05) is 36.4 Å². The van der Waals surface area contributed by atoms with Gasteiger partial charge in [0.2, 0.25) is 0 Å². The van der Waals surface area contributed by atoms with Gasteiger partial charge in [-0.3, -0.25) is 4.79 Å². The topological polar surface area (TPSA) is 55.8 Å². The minimum Gasteiger partial charge on any atom is -0.458 e. The quantitative estimate of drug-likeness (QED) is 0.441. The molecule has 0 saturated carbocycles. The fourth-order valence-electron chi connectivity index (χ4n) is 4.50. The van der Waals surface area contributed by atoms with Crippen LogP contribution in [0.3, 0.4) is 0 Å². The second-order valence-electron chi connectivity index (χ2n) is 7.85. The van der Waals surface area contributed by atoms with Gasteiger partial charge in [0.15, 0.2) is 0 Å². The van der Waals surface area contributed by atoms with E-state index in [9.17, 15) is 14.0 Å². The van der Waals surface area contributed by atoms with Gasteiger partial charge in [0, 0.05) is 24.1 Å². The molecule has 1 aliphatic carbocycles. The summed E-state index contributed by atoms with van der Waals surface area (Å²) in [7, 11) is 0. The number of carbonyl (C=O) groups excluding carboxylic acids is 2. The Balaban J connectivity index is 1.46. The molecule has 0 bridgehead atoms. The van der Waals surface area contributed by atoms with Crippen LogP contribution in [0.2, 0.25) is 0 Å². The van der Waals surface area contributed by atoms with Crippen LogP contribution in [0, 0.1) is 11.7 Å². The predicted molar refractivity (Wildman–Crippen MR) is 106 cm³/mol. The molecule has 2 heterocycles. The van der Waals surface area contributed by atoms with Gasteiger partial charge >= 0.3 is 5.97 Å². The largest absolute Gasteiger partial charge is 0.458 e. The molecule has 0 spiro atoms. The zero-order chi connectivity index (χ0) is 20.8. The van der Waals surface area contributed by atoms with Gasteiger partial charge in [-0.05, 0) is 42.2 Å². The lowest BCUT2D eigenvalue weighted by Gasteiger charge is -2.24. The summed E-state index contributed by atoms with van der Waals surface area (Å²) in [4.78, 5) is 26.7. The number of esters is 1. The number of likely N-dealkylation sites (tertiary alicyclic amines) is 1. The summed E-state index contributed by atoms with van der Waals surface area (Å²) in [6, 6.07) is 14.2. The average molecular weight is 405 g/mol. The van der Waals surface area contributed by atoms with Crippen molar-refractivity contribution in [2.75, 3.05) is 0 Å². The Morgan fingerprint density at radius 1 is 1.17 bits per heavy atom. The first-order valence-electron chi connectivity index (χ1n) is 9.89. The van der Waals surface area contributed by atoms with E-state index in [1.807, 2.05) is 17.0 Å². The normalized spacial score (nSPS) is 25.9. The van der Waals surface area contributed by atoms with Crippen LogP contribution in [0.4, 0.5) is 4.39 Å². The molecule has 3 atom stereocenters. The number of hydrogen-bond donors (Lipinski definition) is 0. The van der Waals surface area contributed by atoms with Crippen molar-refractivity contribution >= 4 is 11.9 Å². The molecule has 2 aliphatic heterocycles. The molecule has 0 aromatic heterocycles. The Hall–Kier alpha value is -3.41. The number of halogens is 1. The molecule has 2 aromatic carbocycles. The summed E-state index contributed by atoms with van der Waals surface area (Å²) >= 11 is 0. The summed E-state index contributed by atoms with van der Waals surface area (Å²) in [5.41, 5.74) is 4.24. The highest BCUT2D eigenvalue weighted by molar-refractivity contribution is 5.97. The second-order valence-corrected chi connectivity index (χ2v) is 7.85. The SMILES string of the molecule is CC1=CC(O/C=C2/C(=O)N(Cc3ccc(F)cc3)C3c4ccccc4CC23)OC1=O. The molecule has 0 radical (unpaired) electrons. The molecule has 5 rings (SSSR count). The van der Waals surface area contributed by atoms with Gasteiger partial charge < -0.3 is 14.4 Å². The highest BCUT2D eigenvalue weighted by atomic mass is 19.1. The lowest BCUT2D eigenvalue weighted by Crippen LogP contribution is -2.27. The number of carbonyl (C=O) groups is 2. The summed E-state index contributed by atoms with van der Waals surface area (Å²) in [5.74, 6) is -0.884. The lowest BCUT2D eigenvalue weighted by atomic mass is 9.97. The highest BCUT2D eigenvalue weighted by Gasteiger charge is 2.49. The summed E-state index contributed by atoms with van der Waals surface area (Å²) in [6.07, 6.45) is 2.96. The van der Waals surface area contributed by atoms with E-state index in [-0.39, 0.29) is 23.7 Å². The summed E-state index contributed by atoms with van der Waals surface area (Å²) < 4.78 is 24.1. The maximum absolute atomic E-state index is 13.3. The highest BCUT2D eigenvalue weighted by Crippen LogP contribution is 2.50. The minimum atomic E-state index is -0.814. The maximum Gasteiger partial charge on any atom is 0.336 e. The van der Waals surface area contributed by atoms with Crippen molar-refractivity contribution in [2.24, 2.45) is 5.92 Å². The first-order chi connectivity index (χ1) is 14.5. The molecular formula is C24H20FNO4. The van der Waals surface area contributed by atoms with E-state index in [0.717, 1.165) is 17.5 Å². The first kappa shape index (κ1) is 18.6. The molecule has 1 fully saturated rings. The predicted octanol–water partition coefficient (Wildman–Crippen LogP) is 3.81. The third-order valence-corrected chi connectivity index (χ3v) is 5.96. The molecule has 0 N–H and O–H groups in total. The summed E-state index contributed by atoms with van der Waals surface area (Å²) in [5, 5.41) is 0. The van der Waals surface area contributed by atoms with E-state index in [1.165, 1.54) is 24.0 Å². The van der Waals surface area contributed by atoms with E-state index in [0.29, 0.717) is 17.7 Å². The van der Waals surface area contributed by atoms with Crippen molar-refractivity contribution in [2.45, 2.75) is 32.2 Å². The number of rotatable bonds is 4. The van der Waals surface area contributed by atoms with Crippen LogP contribution >= 0.6 is 0 Å². The van der Waals surface area contributed by atoms with Crippen molar-refractivity contribution < 1.29 is 23.5 Å². The van der Waals surface area contributed by atoms with E-state index in [1.54, 1.807) is 25.1 Å². The van der Waals surface area contributed by atoms with Crippen LogP contribution < -0.4 is 0 Å². The summed E-state index contributed by atoms with van der Waals surface area (Å²) in [6.45, 7) is 2.04. The van der Waals surface area contributed by atoms with Gasteiger partial charge in [-0.15, -0.1) is 0 Å². The number of benzene rings is 2. The zero-order valence-corrected chi connectivity index (χ0v) is 16.4. The van der Waals surface area contributed by atoms with Crippen LogP contribution in [-0.4, -0.2) is 23.1 Å². The fourth-order valence-corrected chi connectivity index (χ4v) is 4.50. The molecule has 1 saturated heterocycles. The van der Waals surface area contributed by atoms with Crippen molar-refractivity contribution in [3.05, 3.63) is 94.5 Å². The van der Waals surface area contributed by atoms with Crippen LogP contribution in [0.5, 0.6) is 0 Å². The third-order valence-electron chi connectivity index (χ3n) is 5.96. The molecule has 5 nitrogen and oxygen atoms in total. The number of cyclic esters (lactones) is 1. The monoisotopic (exact) mass is 405 g/mol. The number of amides is 1.